The number of aromatic nitrogens is 2. The number of ether oxygens (including phenoxy) is 1. The SMILES string of the molecule is C[C@@H]1CN([C@@H](C)CO)C(=O)c2cc(-c3cccnc3)cnc2O[C@@H]1CN(C)C(=O)NC1CCCC1. The van der Waals surface area contributed by atoms with Gasteiger partial charge in [0.15, 0.2) is 0 Å². The van der Waals surface area contributed by atoms with E-state index in [-0.39, 0.29) is 48.5 Å². The van der Waals surface area contributed by atoms with Gasteiger partial charge in [0.1, 0.15) is 11.7 Å². The first kappa shape index (κ1) is 24.9. The molecule has 0 aromatic carbocycles. The second-order valence-corrected chi connectivity index (χ2v) is 9.75. The molecule has 0 spiro atoms. The first-order valence-electron chi connectivity index (χ1n) is 12.4. The van der Waals surface area contributed by atoms with Crippen molar-refractivity contribution in [2.75, 3.05) is 26.7 Å². The van der Waals surface area contributed by atoms with Crippen LogP contribution in [0.25, 0.3) is 11.1 Å². The number of amides is 3. The van der Waals surface area contributed by atoms with Gasteiger partial charge in [0.2, 0.25) is 5.88 Å². The number of nitrogens with one attached hydrogen (secondary N) is 1. The highest BCUT2D eigenvalue weighted by Crippen LogP contribution is 2.30. The zero-order valence-electron chi connectivity index (χ0n) is 20.7. The molecule has 35 heavy (non-hydrogen) atoms. The molecule has 0 radical (unpaired) electrons. The summed E-state index contributed by atoms with van der Waals surface area (Å²) in [5.41, 5.74) is 1.93. The lowest BCUT2D eigenvalue weighted by molar-refractivity contribution is 0.0351. The predicted octanol–water partition coefficient (Wildman–Crippen LogP) is 2.95. The number of urea groups is 1. The maximum absolute atomic E-state index is 13.6. The van der Waals surface area contributed by atoms with E-state index in [4.69, 9.17) is 4.74 Å². The van der Waals surface area contributed by atoms with E-state index >= 15 is 0 Å². The van der Waals surface area contributed by atoms with Crippen LogP contribution in [0.1, 0.15) is 49.9 Å². The number of fused-ring (bicyclic) bond motifs is 1. The number of pyridine rings is 2. The second-order valence-electron chi connectivity index (χ2n) is 9.75. The Labute approximate surface area is 206 Å². The molecule has 1 aliphatic carbocycles. The zero-order valence-corrected chi connectivity index (χ0v) is 20.7. The van der Waals surface area contributed by atoms with E-state index in [9.17, 15) is 14.7 Å². The first-order chi connectivity index (χ1) is 16.9. The van der Waals surface area contributed by atoms with Crippen LogP contribution in [0.4, 0.5) is 4.79 Å². The van der Waals surface area contributed by atoms with E-state index in [0.29, 0.717) is 18.7 Å². The molecule has 4 rings (SSSR count). The van der Waals surface area contributed by atoms with Crippen LogP contribution in [0.5, 0.6) is 5.88 Å². The fourth-order valence-corrected chi connectivity index (χ4v) is 4.72. The van der Waals surface area contributed by atoms with Crippen LogP contribution < -0.4 is 10.1 Å². The van der Waals surface area contributed by atoms with Crippen molar-refractivity contribution < 1.29 is 19.4 Å². The summed E-state index contributed by atoms with van der Waals surface area (Å²) in [5, 5.41) is 13.0. The minimum absolute atomic E-state index is 0.0948. The normalized spacial score (nSPS) is 21.5. The minimum atomic E-state index is -0.383. The lowest BCUT2D eigenvalue weighted by Gasteiger charge is -2.37. The lowest BCUT2D eigenvalue weighted by Crippen LogP contribution is -2.52. The van der Waals surface area contributed by atoms with Crippen LogP contribution in [-0.4, -0.2) is 81.7 Å². The van der Waals surface area contributed by atoms with Gasteiger partial charge in [-0.15, -0.1) is 0 Å². The Balaban J connectivity index is 1.61. The van der Waals surface area contributed by atoms with Crippen molar-refractivity contribution in [2.45, 2.75) is 57.7 Å². The van der Waals surface area contributed by atoms with Crippen LogP contribution in [0.15, 0.2) is 36.8 Å². The van der Waals surface area contributed by atoms with Crippen LogP contribution >= 0.6 is 0 Å². The summed E-state index contributed by atoms with van der Waals surface area (Å²) >= 11 is 0. The highest BCUT2D eigenvalue weighted by molar-refractivity contribution is 5.98. The molecule has 2 aromatic heterocycles. The third-order valence-electron chi connectivity index (χ3n) is 7.00. The number of hydrogen-bond acceptors (Lipinski definition) is 6. The summed E-state index contributed by atoms with van der Waals surface area (Å²) in [7, 11) is 1.76. The van der Waals surface area contributed by atoms with Crippen molar-refractivity contribution in [2.24, 2.45) is 5.92 Å². The minimum Gasteiger partial charge on any atom is -0.472 e. The molecule has 9 nitrogen and oxygen atoms in total. The van der Waals surface area contributed by atoms with Crippen LogP contribution in [0.3, 0.4) is 0 Å². The van der Waals surface area contributed by atoms with Crippen molar-refractivity contribution in [3.05, 3.63) is 42.4 Å². The van der Waals surface area contributed by atoms with Crippen molar-refractivity contribution in [3.8, 4) is 17.0 Å². The number of carbonyl (C=O) groups is 2. The predicted molar refractivity (Wildman–Crippen MR) is 132 cm³/mol. The largest absolute Gasteiger partial charge is 0.472 e. The Kier molecular flexibility index (Phi) is 7.85. The summed E-state index contributed by atoms with van der Waals surface area (Å²) < 4.78 is 6.30. The van der Waals surface area contributed by atoms with E-state index < -0.39 is 0 Å². The van der Waals surface area contributed by atoms with Crippen molar-refractivity contribution >= 4 is 11.9 Å². The number of aliphatic hydroxyl groups is 1. The average Bonchev–Trinajstić information content (AvgIpc) is 3.39. The Morgan fingerprint density at radius 2 is 2.09 bits per heavy atom. The van der Waals surface area contributed by atoms with Gasteiger partial charge in [-0.3, -0.25) is 9.78 Å². The molecule has 1 fully saturated rings. The Bertz CT molecular complexity index is 1030. The lowest BCUT2D eigenvalue weighted by atomic mass is 9.99. The Morgan fingerprint density at radius 3 is 2.77 bits per heavy atom. The molecule has 9 heteroatoms. The molecule has 0 saturated heterocycles. The van der Waals surface area contributed by atoms with Crippen molar-refractivity contribution in [1.29, 1.82) is 0 Å². The van der Waals surface area contributed by atoms with Gasteiger partial charge in [-0.25, -0.2) is 9.78 Å². The fourth-order valence-electron chi connectivity index (χ4n) is 4.72. The van der Waals surface area contributed by atoms with E-state index in [1.807, 2.05) is 26.0 Å². The van der Waals surface area contributed by atoms with E-state index in [2.05, 4.69) is 15.3 Å². The second kappa shape index (κ2) is 11.0. The molecule has 0 unspecified atom stereocenters. The monoisotopic (exact) mass is 481 g/mol. The van der Waals surface area contributed by atoms with Gasteiger partial charge in [0.25, 0.3) is 5.91 Å². The molecule has 2 N–H and O–H groups in total. The average molecular weight is 482 g/mol. The molecule has 0 bridgehead atoms. The van der Waals surface area contributed by atoms with Gasteiger partial charge in [-0.1, -0.05) is 25.8 Å². The number of rotatable bonds is 6. The molecule has 1 saturated carbocycles. The number of aliphatic hydroxyl groups excluding tert-OH is 1. The standard InChI is InChI=1S/C26H35N5O4/c1-17-14-31(18(2)16-32)25(33)22-11-20(19-7-6-10-27-12-19)13-28-24(22)35-23(17)15-30(3)26(34)29-21-8-4-5-9-21/h6-7,10-13,17-18,21,23,32H,4-5,8-9,14-16H2,1-3H3,(H,29,34)/t17-,18+,23-/m1/s1. The highest BCUT2D eigenvalue weighted by atomic mass is 16.5. The van der Waals surface area contributed by atoms with Gasteiger partial charge in [0, 0.05) is 55.3 Å². The van der Waals surface area contributed by atoms with Crippen molar-refractivity contribution in [3.63, 3.8) is 0 Å². The molecular formula is C26H35N5O4. The summed E-state index contributed by atoms with van der Waals surface area (Å²) in [5.74, 6) is -0.0982. The van der Waals surface area contributed by atoms with Crippen LogP contribution in [-0.2, 0) is 0 Å². The quantitative estimate of drug-likeness (QED) is 0.657. The van der Waals surface area contributed by atoms with Gasteiger partial charge in [0.05, 0.1) is 19.2 Å². The molecule has 3 amide bonds. The molecular weight excluding hydrogens is 446 g/mol. The van der Waals surface area contributed by atoms with Crippen LogP contribution in [0, 0.1) is 5.92 Å². The van der Waals surface area contributed by atoms with Crippen LogP contribution in [0.2, 0.25) is 0 Å². The molecule has 3 heterocycles. The molecule has 188 valence electrons. The first-order valence-corrected chi connectivity index (χ1v) is 12.4. The highest BCUT2D eigenvalue weighted by Gasteiger charge is 2.35. The van der Waals surface area contributed by atoms with Crippen molar-refractivity contribution in [1.82, 2.24) is 25.1 Å². The number of carbonyl (C=O) groups excluding carboxylic acids is 2. The third-order valence-corrected chi connectivity index (χ3v) is 7.00. The molecule has 2 aromatic rings. The Morgan fingerprint density at radius 1 is 1.31 bits per heavy atom. The van der Waals surface area contributed by atoms with E-state index in [1.165, 1.54) is 0 Å². The maximum Gasteiger partial charge on any atom is 0.317 e. The van der Waals surface area contributed by atoms with Gasteiger partial charge in [-0.05, 0) is 31.9 Å². The summed E-state index contributed by atoms with van der Waals surface area (Å²) in [6.07, 6.45) is 9.02. The topological polar surface area (TPSA) is 108 Å². The van der Waals surface area contributed by atoms with Gasteiger partial charge < -0.3 is 25.0 Å². The molecule has 1 aliphatic heterocycles. The van der Waals surface area contributed by atoms with Gasteiger partial charge in [-0.2, -0.15) is 0 Å². The summed E-state index contributed by atoms with van der Waals surface area (Å²) in [6.45, 7) is 4.40. The summed E-state index contributed by atoms with van der Waals surface area (Å²) in [6, 6.07) is 5.24. The molecule has 3 atom stereocenters. The van der Waals surface area contributed by atoms with E-state index in [0.717, 1.165) is 36.8 Å². The zero-order chi connectivity index (χ0) is 24.9. The molecule has 2 aliphatic rings. The number of hydrogen-bond donors (Lipinski definition) is 2. The fraction of sp³-hybridized carbons (Fsp3) is 0.538. The summed E-state index contributed by atoms with van der Waals surface area (Å²) in [4.78, 5) is 38.3. The van der Waals surface area contributed by atoms with Gasteiger partial charge >= 0.3 is 6.03 Å². The Hall–Kier alpha value is -3.20. The maximum atomic E-state index is 13.6. The number of likely N-dealkylation sites (N-methyl/N-ethyl adjacent to an activating group) is 1. The number of nitrogens with zero attached hydrogens (tertiary/aromatic N) is 4. The smallest absolute Gasteiger partial charge is 0.317 e. The third kappa shape index (κ3) is 5.73. The van der Waals surface area contributed by atoms with E-state index in [1.54, 1.807) is 41.5 Å².